The summed E-state index contributed by atoms with van der Waals surface area (Å²) in [6, 6.07) is 15.7. The van der Waals surface area contributed by atoms with E-state index in [1.165, 1.54) is 17.3 Å². The van der Waals surface area contributed by atoms with Crippen LogP contribution < -0.4 is 10.6 Å². The molecule has 1 fully saturated rings. The third kappa shape index (κ3) is 3.93. The van der Waals surface area contributed by atoms with Crippen LogP contribution in [-0.4, -0.2) is 48.1 Å². The molecule has 2 aromatic carbocycles. The van der Waals surface area contributed by atoms with E-state index in [0.717, 1.165) is 42.9 Å². The zero-order chi connectivity index (χ0) is 19.5. The van der Waals surface area contributed by atoms with Crippen molar-refractivity contribution >= 4 is 29.3 Å². The van der Waals surface area contributed by atoms with E-state index in [2.05, 4.69) is 6.07 Å². The molecule has 2 amide bonds. The maximum Gasteiger partial charge on any atom is 0.255 e. The molecule has 2 aliphatic rings. The highest BCUT2D eigenvalue weighted by Crippen LogP contribution is 2.30. The van der Waals surface area contributed by atoms with Gasteiger partial charge in [-0.25, -0.2) is 0 Å². The summed E-state index contributed by atoms with van der Waals surface area (Å²) in [5, 5.41) is 0. The van der Waals surface area contributed by atoms with Gasteiger partial charge in [0.2, 0.25) is 5.91 Å². The van der Waals surface area contributed by atoms with E-state index in [1.54, 1.807) is 0 Å². The van der Waals surface area contributed by atoms with Crippen LogP contribution in [0.15, 0.2) is 53.4 Å². The lowest BCUT2D eigenvalue weighted by Gasteiger charge is -2.31. The van der Waals surface area contributed by atoms with Crippen LogP contribution in [0.2, 0.25) is 0 Å². The van der Waals surface area contributed by atoms with E-state index >= 15 is 0 Å². The van der Waals surface area contributed by atoms with Gasteiger partial charge >= 0.3 is 0 Å². The van der Waals surface area contributed by atoms with Crippen LogP contribution in [0.5, 0.6) is 0 Å². The number of hydrogen-bond donors (Lipinski definition) is 1. The van der Waals surface area contributed by atoms with E-state index in [0.29, 0.717) is 17.9 Å². The van der Waals surface area contributed by atoms with E-state index < -0.39 is 0 Å². The number of carbonyl (C=O) groups excluding carboxylic acids is 2. The first-order chi connectivity index (χ1) is 13.6. The zero-order valence-corrected chi connectivity index (χ0v) is 16.7. The number of fused-ring (bicyclic) bond motifs is 1. The van der Waals surface area contributed by atoms with Crippen LogP contribution in [0.3, 0.4) is 0 Å². The van der Waals surface area contributed by atoms with Crippen LogP contribution in [-0.2, 0) is 11.2 Å². The Morgan fingerprint density at radius 3 is 2.71 bits per heavy atom. The molecule has 0 aliphatic carbocycles. The van der Waals surface area contributed by atoms with E-state index in [4.69, 9.17) is 5.73 Å². The highest BCUT2D eigenvalue weighted by Gasteiger charge is 2.26. The van der Waals surface area contributed by atoms with Crippen molar-refractivity contribution in [2.45, 2.75) is 30.2 Å². The van der Waals surface area contributed by atoms with Gasteiger partial charge in [0.05, 0.1) is 11.3 Å². The second kappa shape index (κ2) is 8.37. The Bertz CT molecular complexity index is 886. The van der Waals surface area contributed by atoms with Gasteiger partial charge in [0.15, 0.2) is 0 Å². The monoisotopic (exact) mass is 395 g/mol. The average Bonchev–Trinajstić information content (AvgIpc) is 3.16. The molecule has 28 heavy (non-hydrogen) atoms. The molecule has 2 N–H and O–H groups in total. The van der Waals surface area contributed by atoms with E-state index in [1.807, 2.05) is 52.3 Å². The topological polar surface area (TPSA) is 66.6 Å². The minimum Gasteiger partial charge on any atom is -0.337 e. The molecule has 5 nitrogen and oxygen atoms in total. The summed E-state index contributed by atoms with van der Waals surface area (Å²) >= 11 is 1.44. The molecule has 1 unspecified atom stereocenters. The third-order valence-corrected chi connectivity index (χ3v) is 6.46. The van der Waals surface area contributed by atoms with Crippen LogP contribution in [0.25, 0.3) is 0 Å². The summed E-state index contributed by atoms with van der Waals surface area (Å²) in [5.74, 6) is 0.410. The molecule has 1 saturated heterocycles. The van der Waals surface area contributed by atoms with E-state index in [-0.39, 0.29) is 17.9 Å². The quantitative estimate of drug-likeness (QED) is 0.809. The second-order valence-electron chi connectivity index (χ2n) is 7.36. The number of benzene rings is 2. The van der Waals surface area contributed by atoms with E-state index in [9.17, 15) is 9.59 Å². The van der Waals surface area contributed by atoms with Crippen molar-refractivity contribution in [1.82, 2.24) is 4.90 Å². The Balaban J connectivity index is 1.44. The summed E-state index contributed by atoms with van der Waals surface area (Å²) in [5.41, 5.74) is 8.93. The second-order valence-corrected chi connectivity index (χ2v) is 8.38. The van der Waals surface area contributed by atoms with Crippen LogP contribution in [0.1, 0.15) is 28.8 Å². The highest BCUT2D eigenvalue weighted by molar-refractivity contribution is 8.00. The minimum atomic E-state index is 0.0113. The minimum absolute atomic E-state index is 0.0113. The Morgan fingerprint density at radius 2 is 1.86 bits per heavy atom. The maximum atomic E-state index is 13.0. The number of nitrogens with zero attached hydrogens (tertiary/aromatic N) is 2. The van der Waals surface area contributed by atoms with Crippen LogP contribution in [0, 0.1) is 0 Å². The fraction of sp³-hybridized carbons (Fsp3) is 0.364. The average molecular weight is 396 g/mol. The summed E-state index contributed by atoms with van der Waals surface area (Å²) in [6.45, 7) is 2.07. The number of likely N-dealkylation sites (tertiary alicyclic amines) is 1. The maximum absolute atomic E-state index is 13.0. The molecule has 1 atom stereocenters. The predicted molar refractivity (Wildman–Crippen MR) is 113 cm³/mol. The van der Waals surface area contributed by atoms with Crippen LogP contribution in [0.4, 0.5) is 5.69 Å². The fourth-order valence-electron chi connectivity index (χ4n) is 3.95. The number of para-hydroxylation sites is 1. The number of piperidine rings is 1. The van der Waals surface area contributed by atoms with Crippen molar-refractivity contribution in [2.75, 3.05) is 30.3 Å². The molecule has 0 aromatic heterocycles. The van der Waals surface area contributed by atoms with Crippen molar-refractivity contribution in [3.63, 3.8) is 0 Å². The van der Waals surface area contributed by atoms with Gasteiger partial charge < -0.3 is 15.5 Å². The Hall–Kier alpha value is -2.31. The van der Waals surface area contributed by atoms with Gasteiger partial charge in [-0.2, -0.15) is 0 Å². The van der Waals surface area contributed by atoms with Gasteiger partial charge in [-0.15, -0.1) is 11.8 Å². The largest absolute Gasteiger partial charge is 0.337 e. The number of nitrogens with two attached hydrogens (primary N) is 1. The molecular weight excluding hydrogens is 370 g/mol. The zero-order valence-electron chi connectivity index (χ0n) is 15.8. The molecule has 146 valence electrons. The van der Waals surface area contributed by atoms with Gasteiger partial charge in [-0.1, -0.05) is 30.3 Å². The van der Waals surface area contributed by atoms with Crippen molar-refractivity contribution in [3.8, 4) is 0 Å². The standard InChI is InChI=1S/C22H25N3O2S/c23-17-7-5-12-24(14-17)22(27)18-8-2-4-10-20(18)28-15-21(26)25-13-11-16-6-1-3-9-19(16)25/h1-4,6,8-10,17H,5,7,11-15,23H2. The Kier molecular flexibility index (Phi) is 5.69. The van der Waals surface area contributed by atoms with Gasteiger partial charge in [-0.05, 0) is 43.0 Å². The Morgan fingerprint density at radius 1 is 1.07 bits per heavy atom. The molecule has 0 spiro atoms. The number of hydrogen-bond acceptors (Lipinski definition) is 4. The van der Waals surface area contributed by atoms with Gasteiger partial charge in [0, 0.05) is 36.3 Å². The van der Waals surface area contributed by atoms with Gasteiger partial charge in [-0.3, -0.25) is 9.59 Å². The van der Waals surface area contributed by atoms with Crippen molar-refractivity contribution in [1.29, 1.82) is 0 Å². The number of anilines is 1. The molecule has 2 heterocycles. The molecule has 0 bridgehead atoms. The molecule has 6 heteroatoms. The summed E-state index contributed by atoms with van der Waals surface area (Å²) in [4.78, 5) is 30.3. The Labute approximate surface area is 169 Å². The fourth-order valence-corrected chi connectivity index (χ4v) is 4.87. The lowest BCUT2D eigenvalue weighted by Crippen LogP contribution is -2.45. The van der Waals surface area contributed by atoms with Gasteiger partial charge in [0.25, 0.3) is 5.91 Å². The molecule has 0 saturated carbocycles. The number of rotatable bonds is 4. The third-order valence-electron chi connectivity index (χ3n) is 5.40. The lowest BCUT2D eigenvalue weighted by atomic mass is 10.1. The van der Waals surface area contributed by atoms with Crippen LogP contribution >= 0.6 is 11.8 Å². The summed E-state index contributed by atoms with van der Waals surface area (Å²) in [7, 11) is 0. The SMILES string of the molecule is NC1CCCN(C(=O)c2ccccc2SCC(=O)N2CCc3ccccc32)C1. The number of thioether (sulfide) groups is 1. The first kappa shape index (κ1) is 19.0. The number of amides is 2. The molecule has 4 rings (SSSR count). The molecule has 2 aromatic rings. The summed E-state index contributed by atoms with van der Waals surface area (Å²) in [6.07, 6.45) is 2.80. The normalized spacial score (nSPS) is 18.8. The molecular formula is C22H25N3O2S. The van der Waals surface area contributed by atoms with Gasteiger partial charge in [0.1, 0.15) is 0 Å². The van der Waals surface area contributed by atoms with Crippen molar-refractivity contribution in [2.24, 2.45) is 5.73 Å². The summed E-state index contributed by atoms with van der Waals surface area (Å²) < 4.78 is 0. The first-order valence-corrected chi connectivity index (χ1v) is 10.8. The first-order valence-electron chi connectivity index (χ1n) is 9.78. The smallest absolute Gasteiger partial charge is 0.255 e. The lowest BCUT2D eigenvalue weighted by molar-refractivity contribution is -0.116. The predicted octanol–water partition coefficient (Wildman–Crippen LogP) is 2.93. The van der Waals surface area contributed by atoms with Crippen molar-refractivity contribution in [3.05, 3.63) is 59.7 Å². The number of carbonyl (C=O) groups is 2. The highest BCUT2D eigenvalue weighted by atomic mass is 32.2. The van der Waals surface area contributed by atoms with Crippen molar-refractivity contribution < 1.29 is 9.59 Å². The molecule has 2 aliphatic heterocycles. The molecule has 0 radical (unpaired) electrons.